The van der Waals surface area contributed by atoms with Crippen LogP contribution in [0, 0.1) is 5.92 Å². The van der Waals surface area contributed by atoms with Crippen molar-refractivity contribution in [3.05, 3.63) is 34.9 Å². The highest BCUT2D eigenvalue weighted by Crippen LogP contribution is 2.28. The molecule has 1 heterocycles. The normalized spacial score (nSPS) is 20.7. The molecule has 2 amide bonds. The molecule has 0 aliphatic carbocycles. The fourth-order valence-corrected chi connectivity index (χ4v) is 2.71. The van der Waals surface area contributed by atoms with E-state index >= 15 is 0 Å². The van der Waals surface area contributed by atoms with E-state index in [0.29, 0.717) is 17.3 Å². The summed E-state index contributed by atoms with van der Waals surface area (Å²) in [5.41, 5.74) is 1.27. The van der Waals surface area contributed by atoms with Crippen LogP contribution in [-0.4, -0.2) is 24.3 Å². The van der Waals surface area contributed by atoms with Gasteiger partial charge in [-0.3, -0.25) is 4.79 Å². The molecular formula is C17H21ClN2O3. The third-order valence-corrected chi connectivity index (χ3v) is 4.07. The molecule has 0 saturated heterocycles. The van der Waals surface area contributed by atoms with Gasteiger partial charge in [-0.05, 0) is 31.0 Å². The maximum atomic E-state index is 12.4. The lowest BCUT2D eigenvalue weighted by molar-refractivity contribution is -0.147. The molecule has 1 N–H and O–H groups in total. The molecule has 0 aromatic heterocycles. The molecule has 6 heteroatoms. The van der Waals surface area contributed by atoms with E-state index in [2.05, 4.69) is 17.2 Å². The third kappa shape index (κ3) is 4.55. The molecule has 0 radical (unpaired) electrons. The number of nitrogens with one attached hydrogen (secondary N) is 1. The molecule has 0 fully saturated rings. The van der Waals surface area contributed by atoms with Crippen molar-refractivity contribution in [1.82, 2.24) is 5.32 Å². The predicted molar refractivity (Wildman–Crippen MR) is 89.8 cm³/mol. The van der Waals surface area contributed by atoms with Gasteiger partial charge in [-0.15, -0.1) is 0 Å². The zero-order valence-electron chi connectivity index (χ0n) is 13.3. The number of aliphatic imine (C=N–C) groups is 1. The third-order valence-electron chi connectivity index (χ3n) is 3.82. The Hall–Kier alpha value is -1.88. The Morgan fingerprint density at radius 2 is 2.00 bits per heavy atom. The second kappa shape index (κ2) is 8.11. The van der Waals surface area contributed by atoms with Gasteiger partial charge in [0, 0.05) is 10.7 Å². The maximum Gasteiger partial charge on any atom is 0.341 e. The molecule has 23 heavy (non-hydrogen) atoms. The van der Waals surface area contributed by atoms with Crippen LogP contribution in [0.2, 0.25) is 5.02 Å². The van der Waals surface area contributed by atoms with Crippen molar-refractivity contribution >= 4 is 29.3 Å². The number of halogens is 1. The highest BCUT2D eigenvalue weighted by Gasteiger charge is 2.37. The van der Waals surface area contributed by atoms with Crippen molar-refractivity contribution in [2.75, 3.05) is 6.61 Å². The van der Waals surface area contributed by atoms with Gasteiger partial charge in [-0.1, -0.05) is 43.5 Å². The van der Waals surface area contributed by atoms with E-state index < -0.39 is 18.0 Å². The molecule has 2 rings (SSSR count). The number of rotatable bonds is 6. The summed E-state index contributed by atoms with van der Waals surface area (Å²) in [5, 5.41) is 3.34. The molecule has 1 aliphatic rings. The number of nitrogens with zero attached hydrogens (tertiary/aromatic N) is 1. The van der Waals surface area contributed by atoms with Crippen LogP contribution in [-0.2, 0) is 9.53 Å². The number of amides is 2. The van der Waals surface area contributed by atoms with E-state index in [0.717, 1.165) is 24.8 Å². The van der Waals surface area contributed by atoms with Crippen molar-refractivity contribution in [2.45, 2.75) is 39.2 Å². The number of esters is 1. The fraction of sp³-hybridized carbons (Fsp3) is 0.471. The average molecular weight is 337 g/mol. The molecule has 1 aromatic carbocycles. The monoisotopic (exact) mass is 336 g/mol. The molecule has 1 aromatic rings. The molecule has 2 unspecified atom stereocenters. The van der Waals surface area contributed by atoms with Gasteiger partial charge in [-0.25, -0.2) is 9.79 Å². The summed E-state index contributed by atoms with van der Waals surface area (Å²) in [5.74, 6) is -0.974. The molecule has 0 saturated carbocycles. The zero-order chi connectivity index (χ0) is 16.8. The standard InChI is InChI=1S/C17H21ClN2O3/c1-3-4-5-10-23-16(21)14-11(2)19-17(22)20-15(14)12-6-8-13(18)9-7-12/h6-9,14-15H,3-5,10H2,1-2H3,(H,20,22). The van der Waals surface area contributed by atoms with Crippen molar-refractivity contribution in [3.8, 4) is 0 Å². The first-order chi connectivity index (χ1) is 11.0. The van der Waals surface area contributed by atoms with Gasteiger partial charge in [0.15, 0.2) is 0 Å². The first-order valence-electron chi connectivity index (χ1n) is 7.80. The lowest BCUT2D eigenvalue weighted by atomic mass is 9.88. The molecular weight excluding hydrogens is 316 g/mol. The smallest absolute Gasteiger partial charge is 0.341 e. The Bertz CT molecular complexity index is 598. The number of urea groups is 1. The molecule has 124 valence electrons. The largest absolute Gasteiger partial charge is 0.465 e. The number of benzene rings is 1. The molecule has 0 bridgehead atoms. The summed E-state index contributed by atoms with van der Waals surface area (Å²) in [7, 11) is 0. The van der Waals surface area contributed by atoms with Crippen LogP contribution in [0.3, 0.4) is 0 Å². The highest BCUT2D eigenvalue weighted by molar-refractivity contribution is 6.30. The molecule has 2 atom stereocenters. The van der Waals surface area contributed by atoms with Crippen molar-refractivity contribution in [1.29, 1.82) is 0 Å². The van der Waals surface area contributed by atoms with Crippen LogP contribution < -0.4 is 5.32 Å². The van der Waals surface area contributed by atoms with E-state index in [9.17, 15) is 9.59 Å². The van der Waals surface area contributed by atoms with Crippen molar-refractivity contribution in [3.63, 3.8) is 0 Å². The second-order valence-corrected chi connectivity index (χ2v) is 6.02. The minimum absolute atomic E-state index is 0.359. The molecule has 0 spiro atoms. The number of carbonyl (C=O) groups excluding carboxylic acids is 2. The van der Waals surface area contributed by atoms with Gasteiger partial charge >= 0.3 is 12.0 Å². The first kappa shape index (κ1) is 17.5. The minimum atomic E-state index is -0.615. The number of unbranched alkanes of at least 4 members (excludes halogenated alkanes) is 2. The lowest BCUT2D eigenvalue weighted by Gasteiger charge is -2.29. The topological polar surface area (TPSA) is 67.8 Å². The summed E-state index contributed by atoms with van der Waals surface area (Å²) in [4.78, 5) is 28.0. The summed E-state index contributed by atoms with van der Waals surface area (Å²) < 4.78 is 5.37. The minimum Gasteiger partial charge on any atom is -0.465 e. The van der Waals surface area contributed by atoms with Gasteiger partial charge < -0.3 is 10.1 Å². The summed E-state index contributed by atoms with van der Waals surface area (Å²) in [6.45, 7) is 4.16. The van der Waals surface area contributed by atoms with Crippen LogP contribution in [0.4, 0.5) is 4.79 Å². The fourth-order valence-electron chi connectivity index (χ4n) is 2.59. The summed E-state index contributed by atoms with van der Waals surface area (Å²) in [6.07, 6.45) is 2.91. The second-order valence-electron chi connectivity index (χ2n) is 5.58. The number of carbonyl (C=O) groups is 2. The number of ether oxygens (including phenoxy) is 1. The highest BCUT2D eigenvalue weighted by atomic mass is 35.5. The SMILES string of the molecule is CCCCCOC(=O)C1C(C)=NC(=O)NC1c1ccc(Cl)cc1. The Morgan fingerprint density at radius 1 is 1.30 bits per heavy atom. The summed E-state index contributed by atoms with van der Waals surface area (Å²) >= 11 is 5.90. The zero-order valence-corrected chi connectivity index (χ0v) is 14.1. The number of hydrogen-bond donors (Lipinski definition) is 1. The number of hydrogen-bond acceptors (Lipinski definition) is 3. The quantitative estimate of drug-likeness (QED) is 0.632. The summed E-state index contributed by atoms with van der Waals surface area (Å²) in [6, 6.07) is 6.11. The van der Waals surface area contributed by atoms with Crippen LogP contribution in [0.15, 0.2) is 29.3 Å². The van der Waals surface area contributed by atoms with Crippen LogP contribution in [0.1, 0.15) is 44.7 Å². The molecule has 5 nitrogen and oxygen atoms in total. The van der Waals surface area contributed by atoms with Crippen LogP contribution in [0.25, 0.3) is 0 Å². The molecule has 1 aliphatic heterocycles. The Morgan fingerprint density at radius 3 is 2.65 bits per heavy atom. The average Bonchev–Trinajstić information content (AvgIpc) is 2.51. The lowest BCUT2D eigenvalue weighted by Crippen LogP contribution is -2.44. The van der Waals surface area contributed by atoms with E-state index in [1.54, 1.807) is 31.2 Å². The van der Waals surface area contributed by atoms with E-state index in [1.165, 1.54) is 0 Å². The Labute approximate surface area is 141 Å². The van der Waals surface area contributed by atoms with Crippen LogP contribution in [0.5, 0.6) is 0 Å². The van der Waals surface area contributed by atoms with E-state index in [1.807, 2.05) is 0 Å². The van der Waals surface area contributed by atoms with Crippen LogP contribution >= 0.6 is 11.6 Å². The first-order valence-corrected chi connectivity index (χ1v) is 8.18. The van der Waals surface area contributed by atoms with Gasteiger partial charge in [0.1, 0.15) is 5.92 Å². The van der Waals surface area contributed by atoms with Crippen molar-refractivity contribution < 1.29 is 14.3 Å². The van der Waals surface area contributed by atoms with Gasteiger partial charge in [0.25, 0.3) is 0 Å². The van der Waals surface area contributed by atoms with Gasteiger partial charge in [-0.2, -0.15) is 0 Å². The van der Waals surface area contributed by atoms with Crippen molar-refractivity contribution in [2.24, 2.45) is 10.9 Å². The Balaban J connectivity index is 2.17. The van der Waals surface area contributed by atoms with E-state index in [4.69, 9.17) is 16.3 Å². The predicted octanol–water partition coefficient (Wildman–Crippen LogP) is 3.91. The van der Waals surface area contributed by atoms with Gasteiger partial charge in [0.2, 0.25) is 0 Å². The Kier molecular flexibility index (Phi) is 6.16. The van der Waals surface area contributed by atoms with Gasteiger partial charge in [0.05, 0.1) is 12.6 Å². The maximum absolute atomic E-state index is 12.4. The van der Waals surface area contributed by atoms with E-state index in [-0.39, 0.29) is 5.97 Å².